The van der Waals surface area contributed by atoms with E-state index in [-0.39, 0.29) is 5.91 Å². The molecule has 0 atom stereocenters. The van der Waals surface area contributed by atoms with Crippen LogP contribution in [0.4, 0.5) is 11.6 Å². The Morgan fingerprint density at radius 2 is 1.88 bits per heavy atom. The Morgan fingerprint density at radius 1 is 1.20 bits per heavy atom. The molecule has 1 aromatic carbocycles. The molecule has 1 aliphatic heterocycles. The molecule has 0 saturated carbocycles. The van der Waals surface area contributed by atoms with E-state index in [1.165, 1.54) is 0 Å². The van der Waals surface area contributed by atoms with Crippen LogP contribution in [0.25, 0.3) is 0 Å². The van der Waals surface area contributed by atoms with Gasteiger partial charge in [-0.25, -0.2) is 9.97 Å². The number of aromatic nitrogens is 2. The fraction of sp³-hybridized carbons (Fsp3) is 0.389. The fourth-order valence-corrected chi connectivity index (χ4v) is 2.64. The number of amides is 1. The summed E-state index contributed by atoms with van der Waals surface area (Å²) in [5.74, 6) is 0.401. The van der Waals surface area contributed by atoms with Crippen molar-refractivity contribution in [1.82, 2.24) is 14.9 Å². The highest BCUT2D eigenvalue weighted by atomic mass is 16.5. The van der Waals surface area contributed by atoms with E-state index in [0.717, 1.165) is 45.1 Å². The lowest BCUT2D eigenvalue weighted by molar-refractivity contribution is 0.0398. The zero-order valence-corrected chi connectivity index (χ0v) is 14.4. The fourth-order valence-electron chi connectivity index (χ4n) is 2.64. The lowest BCUT2D eigenvalue weighted by atomic mass is 10.2. The van der Waals surface area contributed by atoms with Crippen molar-refractivity contribution in [3.05, 3.63) is 48.3 Å². The van der Waals surface area contributed by atoms with Gasteiger partial charge in [0.2, 0.25) is 5.95 Å². The molecule has 1 aromatic heterocycles. The quantitative estimate of drug-likeness (QED) is 0.859. The van der Waals surface area contributed by atoms with Gasteiger partial charge >= 0.3 is 0 Å². The number of benzene rings is 1. The van der Waals surface area contributed by atoms with Crippen LogP contribution in [0.15, 0.2) is 42.7 Å². The summed E-state index contributed by atoms with van der Waals surface area (Å²) in [6.07, 6.45) is 3.12. The minimum atomic E-state index is -0.133. The molecule has 0 radical (unpaired) electrons. The molecular formula is C18H23N5O2. The van der Waals surface area contributed by atoms with E-state index in [2.05, 4.69) is 20.2 Å². The minimum absolute atomic E-state index is 0.133. The molecule has 0 spiro atoms. The zero-order valence-electron chi connectivity index (χ0n) is 14.4. The minimum Gasteiger partial charge on any atom is -0.379 e. The van der Waals surface area contributed by atoms with Crippen LogP contribution >= 0.6 is 0 Å². The van der Waals surface area contributed by atoms with E-state index >= 15 is 0 Å². The summed E-state index contributed by atoms with van der Waals surface area (Å²) >= 11 is 0. The molecule has 1 aliphatic rings. The van der Waals surface area contributed by atoms with Gasteiger partial charge in [0.25, 0.3) is 5.91 Å². The van der Waals surface area contributed by atoms with E-state index in [4.69, 9.17) is 4.74 Å². The molecule has 2 heterocycles. The molecule has 1 amide bonds. The van der Waals surface area contributed by atoms with E-state index in [0.29, 0.717) is 11.5 Å². The lowest BCUT2D eigenvalue weighted by Crippen LogP contribution is -2.39. The Morgan fingerprint density at radius 3 is 2.56 bits per heavy atom. The predicted octanol–water partition coefficient (Wildman–Crippen LogP) is 1.50. The summed E-state index contributed by atoms with van der Waals surface area (Å²) < 4.78 is 5.33. The van der Waals surface area contributed by atoms with Crippen molar-refractivity contribution in [2.45, 2.75) is 0 Å². The van der Waals surface area contributed by atoms with Gasteiger partial charge in [-0.05, 0) is 12.1 Å². The Hall–Kier alpha value is -2.51. The first kappa shape index (κ1) is 17.3. The van der Waals surface area contributed by atoms with Gasteiger partial charge in [-0.2, -0.15) is 0 Å². The van der Waals surface area contributed by atoms with Crippen molar-refractivity contribution >= 4 is 17.5 Å². The summed E-state index contributed by atoms with van der Waals surface area (Å²) in [5.41, 5.74) is 1.30. The second-order valence-corrected chi connectivity index (χ2v) is 5.88. The average Bonchev–Trinajstić information content (AvgIpc) is 2.69. The SMILES string of the molecule is CN(C(=O)c1cnc(NCCN2CCOCC2)nc1)c1ccccc1. The van der Waals surface area contributed by atoms with Gasteiger partial charge in [-0.1, -0.05) is 18.2 Å². The van der Waals surface area contributed by atoms with Crippen LogP contribution in [0, 0.1) is 0 Å². The van der Waals surface area contributed by atoms with Gasteiger partial charge in [-0.15, -0.1) is 0 Å². The number of carbonyl (C=O) groups is 1. The smallest absolute Gasteiger partial charge is 0.261 e. The Kier molecular flexibility index (Phi) is 5.92. The normalized spacial score (nSPS) is 14.9. The van der Waals surface area contributed by atoms with Crippen molar-refractivity contribution in [3.63, 3.8) is 0 Å². The second kappa shape index (κ2) is 8.55. The maximum absolute atomic E-state index is 12.5. The van der Waals surface area contributed by atoms with Crippen LogP contribution in [0.1, 0.15) is 10.4 Å². The third kappa shape index (κ3) is 4.74. The van der Waals surface area contributed by atoms with Gasteiger partial charge < -0.3 is 15.0 Å². The summed E-state index contributed by atoms with van der Waals surface area (Å²) in [5, 5.41) is 3.19. The number of carbonyl (C=O) groups excluding carboxylic acids is 1. The van der Waals surface area contributed by atoms with Crippen molar-refractivity contribution in [3.8, 4) is 0 Å². The molecule has 0 aliphatic carbocycles. The topological polar surface area (TPSA) is 70.6 Å². The average molecular weight is 341 g/mol. The maximum atomic E-state index is 12.5. The van der Waals surface area contributed by atoms with Crippen molar-refractivity contribution < 1.29 is 9.53 Å². The molecule has 7 nitrogen and oxygen atoms in total. The molecular weight excluding hydrogens is 318 g/mol. The number of ether oxygens (including phenoxy) is 1. The van der Waals surface area contributed by atoms with Crippen LogP contribution < -0.4 is 10.2 Å². The number of hydrogen-bond donors (Lipinski definition) is 1. The van der Waals surface area contributed by atoms with E-state index in [9.17, 15) is 4.79 Å². The highest BCUT2D eigenvalue weighted by molar-refractivity contribution is 6.05. The summed E-state index contributed by atoms with van der Waals surface area (Å²) in [6, 6.07) is 9.50. The van der Waals surface area contributed by atoms with Crippen LogP contribution in [-0.2, 0) is 4.74 Å². The lowest BCUT2D eigenvalue weighted by Gasteiger charge is -2.26. The molecule has 1 saturated heterocycles. The van der Waals surface area contributed by atoms with E-state index in [1.807, 2.05) is 30.3 Å². The molecule has 1 N–H and O–H groups in total. The number of anilines is 2. The predicted molar refractivity (Wildman–Crippen MR) is 97.0 cm³/mol. The van der Waals surface area contributed by atoms with Crippen LogP contribution in [0.2, 0.25) is 0 Å². The molecule has 2 aromatic rings. The van der Waals surface area contributed by atoms with E-state index < -0.39 is 0 Å². The van der Waals surface area contributed by atoms with Gasteiger partial charge in [-0.3, -0.25) is 9.69 Å². The Labute approximate surface area is 147 Å². The first-order chi connectivity index (χ1) is 12.2. The second-order valence-electron chi connectivity index (χ2n) is 5.88. The van der Waals surface area contributed by atoms with Gasteiger partial charge in [0.05, 0.1) is 18.8 Å². The van der Waals surface area contributed by atoms with Crippen LogP contribution in [-0.4, -0.2) is 67.2 Å². The molecule has 1 fully saturated rings. The molecule has 0 unspecified atom stereocenters. The van der Waals surface area contributed by atoms with Crippen LogP contribution in [0.5, 0.6) is 0 Å². The molecule has 7 heteroatoms. The number of hydrogen-bond acceptors (Lipinski definition) is 6. The molecule has 132 valence electrons. The molecule has 3 rings (SSSR count). The number of para-hydroxylation sites is 1. The van der Waals surface area contributed by atoms with Gasteiger partial charge in [0, 0.05) is 51.3 Å². The van der Waals surface area contributed by atoms with Gasteiger partial charge in [0.1, 0.15) is 0 Å². The summed E-state index contributed by atoms with van der Waals surface area (Å²) in [6.45, 7) is 5.19. The van der Waals surface area contributed by atoms with Crippen molar-refractivity contribution in [2.24, 2.45) is 0 Å². The molecule has 0 bridgehead atoms. The number of nitrogens with zero attached hydrogens (tertiary/aromatic N) is 4. The Balaban J connectivity index is 1.52. The first-order valence-electron chi connectivity index (χ1n) is 8.43. The number of nitrogens with one attached hydrogen (secondary N) is 1. The summed E-state index contributed by atoms with van der Waals surface area (Å²) in [7, 11) is 1.74. The monoisotopic (exact) mass is 341 g/mol. The third-order valence-electron chi connectivity index (χ3n) is 4.16. The largest absolute Gasteiger partial charge is 0.379 e. The highest BCUT2D eigenvalue weighted by Crippen LogP contribution is 2.14. The molecule has 25 heavy (non-hydrogen) atoms. The third-order valence-corrected chi connectivity index (χ3v) is 4.16. The maximum Gasteiger partial charge on any atom is 0.261 e. The standard InChI is InChI=1S/C18H23N5O2/c1-22(16-5-3-2-4-6-16)17(24)15-13-20-18(21-14-15)19-7-8-23-9-11-25-12-10-23/h2-6,13-14H,7-12H2,1H3,(H,19,20,21). The highest BCUT2D eigenvalue weighted by Gasteiger charge is 2.14. The summed E-state index contributed by atoms with van der Waals surface area (Å²) in [4.78, 5) is 24.9. The first-order valence-corrected chi connectivity index (χ1v) is 8.43. The number of morpholine rings is 1. The number of rotatable bonds is 6. The van der Waals surface area contributed by atoms with Crippen molar-refractivity contribution in [1.29, 1.82) is 0 Å². The Bertz CT molecular complexity index is 672. The van der Waals surface area contributed by atoms with Crippen LogP contribution in [0.3, 0.4) is 0 Å². The van der Waals surface area contributed by atoms with Gasteiger partial charge in [0.15, 0.2) is 0 Å². The van der Waals surface area contributed by atoms with E-state index in [1.54, 1.807) is 24.3 Å². The van der Waals surface area contributed by atoms with Crippen molar-refractivity contribution in [2.75, 3.05) is 56.7 Å². The zero-order chi connectivity index (χ0) is 17.5.